The number of benzene rings is 1. The topological polar surface area (TPSA) is 50.7 Å². The number of hydrogen-bond donors (Lipinski definition) is 2. The number of ether oxygens (including phenoxy) is 2. The minimum atomic E-state index is -0.802. The van der Waals surface area contributed by atoms with Crippen LogP contribution in [-0.2, 0) is 16.0 Å². The molecule has 1 aromatic carbocycles. The Morgan fingerprint density at radius 2 is 2.00 bits per heavy atom. The molecule has 0 aliphatic carbocycles. The van der Waals surface area contributed by atoms with Gasteiger partial charge in [0, 0.05) is 18.7 Å². The lowest BCUT2D eigenvalue weighted by molar-refractivity contribution is -0.150. The SMILES string of the molecule is Cc1cc(F)c(CNCC(O)[C@H]2COC(C)(C)O2)c(F)c1. The molecule has 2 rings (SSSR count). The molecule has 1 aliphatic rings. The first kappa shape index (κ1) is 16.3. The Morgan fingerprint density at radius 1 is 1.38 bits per heavy atom. The van der Waals surface area contributed by atoms with Crippen LogP contribution < -0.4 is 5.32 Å². The van der Waals surface area contributed by atoms with Crippen molar-refractivity contribution in [3.05, 3.63) is 34.9 Å². The Labute approximate surface area is 123 Å². The number of aryl methyl sites for hydroxylation is 1. The molecule has 21 heavy (non-hydrogen) atoms. The number of nitrogens with one attached hydrogen (secondary N) is 1. The van der Waals surface area contributed by atoms with Gasteiger partial charge >= 0.3 is 0 Å². The first-order valence-corrected chi connectivity index (χ1v) is 6.93. The molecule has 1 aromatic rings. The van der Waals surface area contributed by atoms with Gasteiger partial charge in [-0.05, 0) is 38.5 Å². The molecule has 6 heteroatoms. The summed E-state index contributed by atoms with van der Waals surface area (Å²) in [5.41, 5.74) is 0.504. The molecule has 0 saturated carbocycles. The molecule has 1 fully saturated rings. The van der Waals surface area contributed by atoms with Crippen molar-refractivity contribution in [1.29, 1.82) is 0 Å². The average Bonchev–Trinajstić information content (AvgIpc) is 2.72. The Hall–Kier alpha value is -1.08. The van der Waals surface area contributed by atoms with Crippen LogP contribution in [0.5, 0.6) is 0 Å². The number of halogens is 2. The maximum atomic E-state index is 13.7. The van der Waals surface area contributed by atoms with Crippen LogP contribution in [0.15, 0.2) is 12.1 Å². The van der Waals surface area contributed by atoms with Gasteiger partial charge in [0.2, 0.25) is 0 Å². The van der Waals surface area contributed by atoms with Crippen LogP contribution in [0.1, 0.15) is 25.0 Å². The molecular weight excluding hydrogens is 280 g/mol. The summed E-state index contributed by atoms with van der Waals surface area (Å²) in [6.07, 6.45) is -1.25. The van der Waals surface area contributed by atoms with E-state index in [0.29, 0.717) is 12.2 Å². The van der Waals surface area contributed by atoms with Crippen molar-refractivity contribution >= 4 is 0 Å². The molecule has 1 aliphatic heterocycles. The maximum Gasteiger partial charge on any atom is 0.163 e. The molecule has 1 heterocycles. The smallest absolute Gasteiger partial charge is 0.163 e. The zero-order chi connectivity index (χ0) is 15.6. The van der Waals surface area contributed by atoms with Crippen molar-refractivity contribution in [2.75, 3.05) is 13.2 Å². The number of rotatable bonds is 5. The summed E-state index contributed by atoms with van der Waals surface area (Å²) in [5, 5.41) is 12.8. The molecule has 0 bridgehead atoms. The summed E-state index contributed by atoms with van der Waals surface area (Å²) < 4.78 is 38.2. The Bertz CT molecular complexity index is 485. The number of aliphatic hydroxyl groups is 1. The molecule has 0 amide bonds. The van der Waals surface area contributed by atoms with Gasteiger partial charge in [-0.3, -0.25) is 0 Å². The fourth-order valence-corrected chi connectivity index (χ4v) is 2.28. The van der Waals surface area contributed by atoms with E-state index in [9.17, 15) is 13.9 Å². The predicted molar refractivity (Wildman–Crippen MR) is 73.7 cm³/mol. The van der Waals surface area contributed by atoms with E-state index in [-0.39, 0.29) is 18.7 Å². The van der Waals surface area contributed by atoms with E-state index in [1.165, 1.54) is 12.1 Å². The van der Waals surface area contributed by atoms with Crippen molar-refractivity contribution < 1.29 is 23.4 Å². The van der Waals surface area contributed by atoms with Gasteiger partial charge in [0.05, 0.1) is 12.7 Å². The zero-order valence-electron chi connectivity index (χ0n) is 12.5. The molecule has 0 aromatic heterocycles. The summed E-state index contributed by atoms with van der Waals surface area (Å²) in [6, 6.07) is 2.57. The van der Waals surface area contributed by atoms with Gasteiger partial charge in [-0.15, -0.1) is 0 Å². The van der Waals surface area contributed by atoms with Gasteiger partial charge in [0.1, 0.15) is 17.7 Å². The Kier molecular flexibility index (Phi) is 4.93. The molecule has 0 spiro atoms. The van der Waals surface area contributed by atoms with Gasteiger partial charge in [0.15, 0.2) is 5.79 Å². The highest BCUT2D eigenvalue weighted by Gasteiger charge is 2.36. The van der Waals surface area contributed by atoms with E-state index in [1.807, 2.05) is 0 Å². The molecule has 2 atom stereocenters. The molecule has 118 valence electrons. The second-order valence-corrected chi connectivity index (χ2v) is 5.77. The summed E-state index contributed by atoms with van der Waals surface area (Å²) in [6.45, 7) is 5.63. The highest BCUT2D eigenvalue weighted by molar-refractivity contribution is 5.25. The van der Waals surface area contributed by atoms with Crippen molar-refractivity contribution in [2.24, 2.45) is 0 Å². The van der Waals surface area contributed by atoms with Crippen molar-refractivity contribution in [3.63, 3.8) is 0 Å². The molecule has 1 unspecified atom stereocenters. The van der Waals surface area contributed by atoms with Crippen LogP contribution in [0.2, 0.25) is 0 Å². The van der Waals surface area contributed by atoms with Crippen LogP contribution in [0.4, 0.5) is 8.78 Å². The van der Waals surface area contributed by atoms with Gasteiger partial charge in [-0.1, -0.05) is 0 Å². The van der Waals surface area contributed by atoms with E-state index in [0.717, 1.165) is 0 Å². The third-order valence-electron chi connectivity index (χ3n) is 3.40. The third kappa shape index (κ3) is 4.20. The van der Waals surface area contributed by atoms with Crippen LogP contribution in [0.3, 0.4) is 0 Å². The summed E-state index contributed by atoms with van der Waals surface area (Å²) >= 11 is 0. The zero-order valence-corrected chi connectivity index (χ0v) is 12.5. The van der Waals surface area contributed by atoms with E-state index < -0.39 is 29.6 Å². The van der Waals surface area contributed by atoms with Gasteiger partial charge < -0.3 is 19.9 Å². The fraction of sp³-hybridized carbons (Fsp3) is 0.600. The van der Waals surface area contributed by atoms with Gasteiger partial charge in [0.25, 0.3) is 0 Å². The van der Waals surface area contributed by atoms with Crippen LogP contribution >= 0.6 is 0 Å². The summed E-state index contributed by atoms with van der Waals surface area (Å²) in [4.78, 5) is 0. The highest BCUT2D eigenvalue weighted by Crippen LogP contribution is 2.24. The van der Waals surface area contributed by atoms with Crippen LogP contribution in [-0.4, -0.2) is 36.3 Å². The van der Waals surface area contributed by atoms with E-state index in [4.69, 9.17) is 9.47 Å². The minimum absolute atomic E-state index is 0.00593. The van der Waals surface area contributed by atoms with Crippen LogP contribution in [0.25, 0.3) is 0 Å². The molecule has 0 radical (unpaired) electrons. The van der Waals surface area contributed by atoms with Crippen molar-refractivity contribution in [3.8, 4) is 0 Å². The maximum absolute atomic E-state index is 13.7. The molecule has 2 N–H and O–H groups in total. The van der Waals surface area contributed by atoms with Gasteiger partial charge in [-0.25, -0.2) is 8.78 Å². The first-order chi connectivity index (χ1) is 9.78. The van der Waals surface area contributed by atoms with Gasteiger partial charge in [-0.2, -0.15) is 0 Å². The Morgan fingerprint density at radius 3 is 2.52 bits per heavy atom. The average molecular weight is 301 g/mol. The lowest BCUT2D eigenvalue weighted by Gasteiger charge is -2.20. The van der Waals surface area contributed by atoms with E-state index in [2.05, 4.69) is 5.32 Å². The molecule has 4 nitrogen and oxygen atoms in total. The first-order valence-electron chi connectivity index (χ1n) is 6.93. The van der Waals surface area contributed by atoms with E-state index in [1.54, 1.807) is 20.8 Å². The number of hydrogen-bond acceptors (Lipinski definition) is 4. The van der Waals surface area contributed by atoms with E-state index >= 15 is 0 Å². The quantitative estimate of drug-likeness (QED) is 0.872. The molecule has 1 saturated heterocycles. The van der Waals surface area contributed by atoms with Crippen molar-refractivity contribution in [1.82, 2.24) is 5.32 Å². The minimum Gasteiger partial charge on any atom is -0.389 e. The highest BCUT2D eigenvalue weighted by atomic mass is 19.1. The van der Waals surface area contributed by atoms with Crippen LogP contribution in [0, 0.1) is 18.6 Å². The lowest BCUT2D eigenvalue weighted by Crippen LogP contribution is -2.38. The second-order valence-electron chi connectivity index (χ2n) is 5.77. The third-order valence-corrected chi connectivity index (χ3v) is 3.40. The molecular formula is C15H21F2NO3. The fourth-order valence-electron chi connectivity index (χ4n) is 2.28. The summed E-state index contributed by atoms with van der Waals surface area (Å²) in [5.74, 6) is -1.88. The van der Waals surface area contributed by atoms with Crippen molar-refractivity contribution in [2.45, 2.75) is 45.3 Å². The second kappa shape index (κ2) is 6.36. The predicted octanol–water partition coefficient (Wildman–Crippen LogP) is 1.88. The largest absolute Gasteiger partial charge is 0.389 e. The summed E-state index contributed by atoms with van der Waals surface area (Å²) in [7, 11) is 0. The lowest BCUT2D eigenvalue weighted by atomic mass is 10.1. The standard InChI is InChI=1S/C15H21F2NO3/c1-9-4-11(16)10(12(17)5-9)6-18-7-13(19)14-8-20-15(2,3)21-14/h4-5,13-14,18-19H,6-8H2,1-3H3/t13?,14-/m1/s1. The number of aliphatic hydroxyl groups excluding tert-OH is 1. The normalized spacial score (nSPS) is 22.5. The Balaban J connectivity index is 1.85. The monoisotopic (exact) mass is 301 g/mol.